The largest absolute Gasteiger partial charge is 0.368 e. The van der Waals surface area contributed by atoms with Gasteiger partial charge in [0.1, 0.15) is 5.82 Å². The van der Waals surface area contributed by atoms with Crippen molar-refractivity contribution < 1.29 is 4.79 Å². The molecule has 0 aliphatic carbocycles. The third kappa shape index (κ3) is 5.14. The van der Waals surface area contributed by atoms with E-state index in [2.05, 4.69) is 33.0 Å². The highest BCUT2D eigenvalue weighted by Crippen LogP contribution is 2.10. The van der Waals surface area contributed by atoms with Gasteiger partial charge in [0.25, 0.3) is 0 Å². The van der Waals surface area contributed by atoms with Crippen molar-refractivity contribution >= 4 is 17.5 Å². The van der Waals surface area contributed by atoms with Crippen LogP contribution < -0.4 is 10.6 Å². The Bertz CT molecular complexity index is 847. The van der Waals surface area contributed by atoms with E-state index in [1.165, 1.54) is 5.56 Å². The normalized spacial score (nSPS) is 10.3. The molecule has 2 N–H and O–H groups in total. The van der Waals surface area contributed by atoms with Crippen LogP contribution in [0.2, 0.25) is 0 Å². The first-order chi connectivity index (χ1) is 12.7. The lowest BCUT2D eigenvalue weighted by atomic mass is 10.1. The molecule has 2 aromatic carbocycles. The summed E-state index contributed by atoms with van der Waals surface area (Å²) < 4.78 is 0. The minimum atomic E-state index is -0.0987. The summed E-state index contributed by atoms with van der Waals surface area (Å²) in [5.74, 6) is 1.05. The molecule has 0 aliphatic rings. The fourth-order valence-electron chi connectivity index (χ4n) is 2.64. The highest BCUT2D eigenvalue weighted by atomic mass is 16.1. The summed E-state index contributed by atoms with van der Waals surface area (Å²) in [7, 11) is 0. The van der Waals surface area contributed by atoms with E-state index in [1.54, 1.807) is 6.07 Å². The van der Waals surface area contributed by atoms with Gasteiger partial charge in [0.05, 0.1) is 6.42 Å². The van der Waals surface area contributed by atoms with Crippen LogP contribution in [0.25, 0.3) is 0 Å². The number of carbonyl (C=O) groups is 1. The van der Waals surface area contributed by atoms with Crippen molar-refractivity contribution in [1.29, 1.82) is 0 Å². The molecule has 0 spiro atoms. The number of amides is 1. The molecule has 5 heteroatoms. The van der Waals surface area contributed by atoms with Crippen LogP contribution in [-0.4, -0.2) is 22.6 Å². The van der Waals surface area contributed by atoms with Crippen molar-refractivity contribution in [3.63, 3.8) is 0 Å². The SMILES string of the molecule is Cc1ccccc1CC(=O)Nc1ccc(NCCc2ccccc2)nn1. The molecule has 1 heterocycles. The third-order valence-electron chi connectivity index (χ3n) is 4.11. The van der Waals surface area contributed by atoms with Gasteiger partial charge >= 0.3 is 0 Å². The summed E-state index contributed by atoms with van der Waals surface area (Å²) >= 11 is 0. The molecule has 3 aromatic rings. The summed E-state index contributed by atoms with van der Waals surface area (Å²) in [4.78, 5) is 12.2. The second-order valence-electron chi connectivity index (χ2n) is 6.12. The Morgan fingerprint density at radius 3 is 2.31 bits per heavy atom. The first kappa shape index (κ1) is 17.6. The first-order valence-electron chi connectivity index (χ1n) is 8.66. The van der Waals surface area contributed by atoms with Gasteiger partial charge in [0.15, 0.2) is 5.82 Å². The predicted molar refractivity (Wildman–Crippen MR) is 104 cm³/mol. The van der Waals surface area contributed by atoms with Gasteiger partial charge in [-0.1, -0.05) is 54.6 Å². The minimum absolute atomic E-state index is 0.0987. The zero-order chi connectivity index (χ0) is 18.2. The van der Waals surface area contributed by atoms with E-state index >= 15 is 0 Å². The second-order valence-corrected chi connectivity index (χ2v) is 6.12. The number of carbonyl (C=O) groups excluding carboxylic acids is 1. The van der Waals surface area contributed by atoms with Crippen LogP contribution in [0.5, 0.6) is 0 Å². The number of rotatable bonds is 7. The van der Waals surface area contributed by atoms with Gasteiger partial charge in [-0.05, 0) is 42.2 Å². The fraction of sp³-hybridized carbons (Fsp3) is 0.190. The van der Waals surface area contributed by atoms with Gasteiger partial charge in [-0.3, -0.25) is 4.79 Å². The lowest BCUT2D eigenvalue weighted by molar-refractivity contribution is -0.115. The van der Waals surface area contributed by atoms with E-state index in [4.69, 9.17) is 0 Å². The summed E-state index contributed by atoms with van der Waals surface area (Å²) in [6.45, 7) is 2.77. The number of aryl methyl sites for hydroxylation is 1. The summed E-state index contributed by atoms with van der Waals surface area (Å²) in [5.41, 5.74) is 3.39. The van der Waals surface area contributed by atoms with Gasteiger partial charge in [-0.15, -0.1) is 10.2 Å². The fourth-order valence-corrected chi connectivity index (χ4v) is 2.64. The van der Waals surface area contributed by atoms with Crippen molar-refractivity contribution in [2.45, 2.75) is 19.8 Å². The third-order valence-corrected chi connectivity index (χ3v) is 4.11. The van der Waals surface area contributed by atoms with Crippen molar-refractivity contribution in [2.24, 2.45) is 0 Å². The van der Waals surface area contributed by atoms with Crippen LogP contribution in [0.15, 0.2) is 66.7 Å². The van der Waals surface area contributed by atoms with Crippen molar-refractivity contribution in [2.75, 3.05) is 17.2 Å². The van der Waals surface area contributed by atoms with Crippen LogP contribution in [0.3, 0.4) is 0 Å². The Kier molecular flexibility index (Phi) is 5.93. The molecule has 1 aromatic heterocycles. The number of hydrogen-bond acceptors (Lipinski definition) is 4. The molecule has 0 bridgehead atoms. The second kappa shape index (κ2) is 8.76. The molecular weight excluding hydrogens is 324 g/mol. The molecule has 1 amide bonds. The predicted octanol–water partition coefficient (Wildman–Crippen LogP) is 3.62. The van der Waals surface area contributed by atoms with E-state index in [1.807, 2.05) is 55.5 Å². The van der Waals surface area contributed by atoms with Gasteiger partial charge < -0.3 is 10.6 Å². The van der Waals surface area contributed by atoms with Crippen LogP contribution in [0, 0.1) is 6.92 Å². The Morgan fingerprint density at radius 1 is 0.885 bits per heavy atom. The molecule has 5 nitrogen and oxygen atoms in total. The maximum atomic E-state index is 12.2. The molecule has 0 unspecified atom stereocenters. The van der Waals surface area contributed by atoms with Crippen LogP contribution in [0.4, 0.5) is 11.6 Å². The standard InChI is InChI=1S/C21H22N4O/c1-16-7-5-6-10-18(16)15-21(26)23-20-12-11-19(24-25-20)22-14-13-17-8-3-2-4-9-17/h2-12H,13-15H2,1H3,(H,22,24)(H,23,25,26). The number of benzene rings is 2. The maximum absolute atomic E-state index is 12.2. The topological polar surface area (TPSA) is 66.9 Å². The molecule has 0 aliphatic heterocycles. The molecule has 132 valence electrons. The number of nitrogens with one attached hydrogen (secondary N) is 2. The van der Waals surface area contributed by atoms with E-state index in [0.717, 1.165) is 24.1 Å². The Balaban J connectivity index is 1.48. The highest BCUT2D eigenvalue weighted by Gasteiger charge is 2.07. The maximum Gasteiger partial charge on any atom is 0.230 e. The quantitative estimate of drug-likeness (QED) is 0.686. The summed E-state index contributed by atoms with van der Waals surface area (Å²) in [5, 5.41) is 14.2. The Hall–Kier alpha value is -3.21. The van der Waals surface area contributed by atoms with Gasteiger partial charge in [-0.25, -0.2) is 0 Å². The monoisotopic (exact) mass is 346 g/mol. The average molecular weight is 346 g/mol. The number of nitrogens with zero attached hydrogens (tertiary/aromatic N) is 2. The minimum Gasteiger partial charge on any atom is -0.368 e. The number of hydrogen-bond donors (Lipinski definition) is 2. The smallest absolute Gasteiger partial charge is 0.230 e. The first-order valence-corrected chi connectivity index (χ1v) is 8.66. The van der Waals surface area contributed by atoms with Crippen molar-refractivity contribution in [3.05, 3.63) is 83.4 Å². The van der Waals surface area contributed by atoms with Gasteiger partial charge in [-0.2, -0.15) is 0 Å². The molecule has 0 saturated carbocycles. The molecule has 0 atom stereocenters. The molecule has 26 heavy (non-hydrogen) atoms. The van der Waals surface area contributed by atoms with Gasteiger partial charge in [0.2, 0.25) is 5.91 Å². The lowest BCUT2D eigenvalue weighted by Crippen LogP contribution is -2.16. The van der Waals surface area contributed by atoms with E-state index in [0.29, 0.717) is 18.1 Å². The van der Waals surface area contributed by atoms with Crippen LogP contribution in [-0.2, 0) is 17.6 Å². The molecular formula is C21H22N4O. The number of aromatic nitrogens is 2. The molecule has 0 fully saturated rings. The average Bonchev–Trinajstić information content (AvgIpc) is 2.66. The molecule has 0 saturated heterocycles. The Morgan fingerprint density at radius 2 is 1.58 bits per heavy atom. The van der Waals surface area contributed by atoms with Crippen LogP contribution >= 0.6 is 0 Å². The molecule has 3 rings (SSSR count). The lowest BCUT2D eigenvalue weighted by Gasteiger charge is -2.08. The summed E-state index contributed by atoms with van der Waals surface area (Å²) in [6, 6.07) is 21.7. The zero-order valence-corrected chi connectivity index (χ0v) is 14.8. The Labute approximate surface area is 153 Å². The van der Waals surface area contributed by atoms with E-state index in [9.17, 15) is 4.79 Å². The van der Waals surface area contributed by atoms with E-state index in [-0.39, 0.29) is 5.91 Å². The van der Waals surface area contributed by atoms with Gasteiger partial charge in [0, 0.05) is 6.54 Å². The van der Waals surface area contributed by atoms with Crippen molar-refractivity contribution in [1.82, 2.24) is 10.2 Å². The van der Waals surface area contributed by atoms with Crippen molar-refractivity contribution in [3.8, 4) is 0 Å². The highest BCUT2D eigenvalue weighted by molar-refractivity contribution is 5.91. The summed E-state index contributed by atoms with van der Waals surface area (Å²) in [6.07, 6.45) is 1.24. The van der Waals surface area contributed by atoms with E-state index < -0.39 is 0 Å². The zero-order valence-electron chi connectivity index (χ0n) is 14.8. The number of anilines is 2. The van der Waals surface area contributed by atoms with Crippen LogP contribution in [0.1, 0.15) is 16.7 Å². The molecule has 0 radical (unpaired) electrons.